The lowest BCUT2D eigenvalue weighted by Gasteiger charge is -2.50. The van der Waals surface area contributed by atoms with Crippen molar-refractivity contribution in [1.82, 2.24) is 14.9 Å². The number of hydrogen-bond donors (Lipinski definition) is 2. The fourth-order valence-corrected chi connectivity index (χ4v) is 4.60. The average molecular weight is 332 g/mol. The van der Waals surface area contributed by atoms with E-state index in [2.05, 4.69) is 58.5 Å². The van der Waals surface area contributed by atoms with Crippen LogP contribution in [0.25, 0.3) is 22.2 Å². The summed E-state index contributed by atoms with van der Waals surface area (Å²) in [5, 5.41) is 4.98. The van der Waals surface area contributed by atoms with E-state index in [1.165, 1.54) is 36.8 Å². The van der Waals surface area contributed by atoms with Gasteiger partial charge in [0.1, 0.15) is 0 Å². The number of fused-ring (bicyclic) bond motifs is 4. The number of H-pyrrole nitrogens is 1. The molecule has 0 spiro atoms. The summed E-state index contributed by atoms with van der Waals surface area (Å²) in [4.78, 5) is 10.6. The third-order valence-corrected chi connectivity index (χ3v) is 6.12. The van der Waals surface area contributed by atoms with Gasteiger partial charge in [-0.3, -0.25) is 9.88 Å². The van der Waals surface area contributed by atoms with Crippen molar-refractivity contribution in [2.45, 2.75) is 31.8 Å². The van der Waals surface area contributed by atoms with E-state index in [0.717, 1.165) is 22.9 Å². The molecule has 0 amide bonds. The van der Waals surface area contributed by atoms with E-state index in [9.17, 15) is 0 Å². The van der Waals surface area contributed by atoms with Gasteiger partial charge in [-0.05, 0) is 69.1 Å². The zero-order valence-corrected chi connectivity index (χ0v) is 14.6. The number of nitrogens with zero attached hydrogens (tertiary/aromatic N) is 2. The number of pyridine rings is 1. The molecule has 6 rings (SSSR count). The summed E-state index contributed by atoms with van der Waals surface area (Å²) >= 11 is 0. The van der Waals surface area contributed by atoms with Gasteiger partial charge in [-0.1, -0.05) is 6.07 Å². The molecule has 3 fully saturated rings. The molecule has 0 saturated carbocycles. The number of nitrogens with one attached hydrogen (secondary N) is 2. The van der Waals surface area contributed by atoms with Crippen molar-refractivity contribution in [3.63, 3.8) is 0 Å². The second kappa shape index (κ2) is 5.88. The molecule has 2 bridgehead atoms. The van der Waals surface area contributed by atoms with Gasteiger partial charge in [-0.25, -0.2) is 0 Å². The number of rotatable bonds is 3. The third-order valence-electron chi connectivity index (χ3n) is 6.12. The van der Waals surface area contributed by atoms with Crippen LogP contribution in [0.15, 0.2) is 48.8 Å². The van der Waals surface area contributed by atoms with Gasteiger partial charge in [-0.2, -0.15) is 0 Å². The fraction of sp³-hybridized carbons (Fsp3) is 0.381. The Balaban J connectivity index is 1.36. The number of piperidine rings is 3. The first-order chi connectivity index (χ1) is 12.3. The maximum Gasteiger partial charge on any atom is 0.0703 e. The first-order valence-corrected chi connectivity index (χ1v) is 9.32. The van der Waals surface area contributed by atoms with Crippen LogP contribution < -0.4 is 5.32 Å². The maximum atomic E-state index is 4.71. The molecule has 25 heavy (non-hydrogen) atoms. The van der Waals surface area contributed by atoms with Crippen LogP contribution in [-0.4, -0.2) is 40.0 Å². The molecular weight excluding hydrogens is 308 g/mol. The summed E-state index contributed by atoms with van der Waals surface area (Å²) in [7, 11) is 0. The lowest BCUT2D eigenvalue weighted by molar-refractivity contribution is 0.0458. The quantitative estimate of drug-likeness (QED) is 0.758. The summed E-state index contributed by atoms with van der Waals surface area (Å²) < 4.78 is 0. The number of benzene rings is 1. The third kappa shape index (κ3) is 2.61. The van der Waals surface area contributed by atoms with E-state index in [-0.39, 0.29) is 0 Å². The topological polar surface area (TPSA) is 44.0 Å². The van der Waals surface area contributed by atoms with Gasteiger partial charge >= 0.3 is 0 Å². The summed E-state index contributed by atoms with van der Waals surface area (Å²) in [5.41, 5.74) is 4.49. The molecule has 4 heteroatoms. The molecule has 0 aliphatic carbocycles. The minimum atomic E-state index is 0.548. The van der Waals surface area contributed by atoms with Crippen molar-refractivity contribution >= 4 is 16.6 Å². The lowest BCUT2D eigenvalue weighted by Crippen LogP contribution is -2.59. The van der Waals surface area contributed by atoms with Gasteiger partial charge in [0.05, 0.1) is 17.6 Å². The largest absolute Gasteiger partial charge is 0.379 e. The Labute approximate surface area is 148 Å². The molecule has 4 nitrogen and oxygen atoms in total. The van der Waals surface area contributed by atoms with Crippen molar-refractivity contribution < 1.29 is 0 Å². The highest BCUT2D eigenvalue weighted by Gasteiger charge is 2.39. The van der Waals surface area contributed by atoms with E-state index < -0.39 is 0 Å². The van der Waals surface area contributed by atoms with E-state index in [1.807, 2.05) is 12.4 Å². The van der Waals surface area contributed by atoms with Crippen LogP contribution in [-0.2, 0) is 0 Å². The van der Waals surface area contributed by atoms with Crippen molar-refractivity contribution in [2.24, 2.45) is 5.92 Å². The highest BCUT2D eigenvalue weighted by Crippen LogP contribution is 2.34. The maximum absolute atomic E-state index is 4.71. The number of aromatic nitrogens is 2. The SMILES string of the molecule is C[C@H]1[C@H](Nc2ccc(-c3ccc4[nH]ccc4c3)nc2)C2CCN1CC2. The van der Waals surface area contributed by atoms with Crippen molar-refractivity contribution in [3.05, 3.63) is 48.8 Å². The van der Waals surface area contributed by atoms with Crippen LogP contribution >= 0.6 is 0 Å². The zero-order valence-electron chi connectivity index (χ0n) is 14.6. The first-order valence-electron chi connectivity index (χ1n) is 9.32. The van der Waals surface area contributed by atoms with Crippen LogP contribution in [0, 0.1) is 5.92 Å². The smallest absolute Gasteiger partial charge is 0.0703 e. The Kier molecular flexibility index (Phi) is 3.52. The number of hydrogen-bond acceptors (Lipinski definition) is 3. The van der Waals surface area contributed by atoms with E-state index in [0.29, 0.717) is 12.1 Å². The first kappa shape index (κ1) is 15.0. The van der Waals surface area contributed by atoms with Crippen molar-refractivity contribution in [3.8, 4) is 11.3 Å². The predicted molar refractivity (Wildman–Crippen MR) is 103 cm³/mol. The molecule has 3 saturated heterocycles. The van der Waals surface area contributed by atoms with Crippen molar-refractivity contribution in [1.29, 1.82) is 0 Å². The molecule has 3 aliphatic rings. The normalized spacial score (nSPS) is 28.4. The Morgan fingerprint density at radius 1 is 1.12 bits per heavy atom. The van der Waals surface area contributed by atoms with Gasteiger partial charge in [0.15, 0.2) is 0 Å². The highest BCUT2D eigenvalue weighted by atomic mass is 15.2. The zero-order chi connectivity index (χ0) is 16.8. The minimum absolute atomic E-state index is 0.548. The number of aromatic amines is 1. The van der Waals surface area contributed by atoms with Crippen LogP contribution in [0.5, 0.6) is 0 Å². The molecule has 128 valence electrons. The van der Waals surface area contributed by atoms with E-state index >= 15 is 0 Å². The molecule has 2 N–H and O–H groups in total. The summed E-state index contributed by atoms with van der Waals surface area (Å²) in [5.74, 6) is 0.802. The molecular formula is C21H24N4. The van der Waals surface area contributed by atoms with Crippen LogP contribution in [0.1, 0.15) is 19.8 Å². The summed E-state index contributed by atoms with van der Waals surface area (Å²) in [6.07, 6.45) is 6.61. The van der Waals surface area contributed by atoms with Gasteiger partial charge in [0.25, 0.3) is 0 Å². The second-order valence-corrected chi connectivity index (χ2v) is 7.50. The standard InChI is InChI=1S/C21H24N4/c1-14-21(15-7-10-25(14)11-8-15)24-18-3-5-20(23-13-18)16-2-4-19-17(12-16)6-9-22-19/h2-6,9,12-15,21-22,24H,7-8,10-11H2,1H3/t14-,21-/m0/s1. The van der Waals surface area contributed by atoms with Gasteiger partial charge < -0.3 is 10.3 Å². The summed E-state index contributed by atoms with van der Waals surface area (Å²) in [6.45, 7) is 4.89. The number of anilines is 1. The molecule has 2 aromatic heterocycles. The second-order valence-electron chi connectivity index (χ2n) is 7.50. The Bertz CT molecular complexity index is 872. The molecule has 3 aromatic rings. The fourth-order valence-electron chi connectivity index (χ4n) is 4.60. The summed E-state index contributed by atoms with van der Waals surface area (Å²) in [6, 6.07) is 14.0. The van der Waals surface area contributed by atoms with Crippen molar-refractivity contribution in [2.75, 3.05) is 18.4 Å². The minimum Gasteiger partial charge on any atom is -0.379 e. The van der Waals surface area contributed by atoms with Crippen LogP contribution in [0.3, 0.4) is 0 Å². The van der Waals surface area contributed by atoms with E-state index in [4.69, 9.17) is 4.98 Å². The Morgan fingerprint density at radius 3 is 2.76 bits per heavy atom. The highest BCUT2D eigenvalue weighted by molar-refractivity contribution is 5.84. The van der Waals surface area contributed by atoms with E-state index in [1.54, 1.807) is 0 Å². The molecule has 0 radical (unpaired) electrons. The monoisotopic (exact) mass is 332 g/mol. The van der Waals surface area contributed by atoms with Gasteiger partial charge in [0.2, 0.25) is 0 Å². The van der Waals surface area contributed by atoms with Gasteiger partial charge in [-0.15, -0.1) is 0 Å². The average Bonchev–Trinajstić information content (AvgIpc) is 3.13. The Hall–Kier alpha value is -2.33. The van der Waals surface area contributed by atoms with Gasteiger partial charge in [0, 0.05) is 34.7 Å². The molecule has 3 aliphatic heterocycles. The lowest BCUT2D eigenvalue weighted by atomic mass is 9.79. The molecule has 0 unspecified atom stereocenters. The van der Waals surface area contributed by atoms with Crippen LogP contribution in [0.4, 0.5) is 5.69 Å². The Morgan fingerprint density at radius 2 is 2.00 bits per heavy atom. The molecule has 5 heterocycles. The molecule has 1 aromatic carbocycles. The van der Waals surface area contributed by atoms with Crippen LogP contribution in [0.2, 0.25) is 0 Å². The molecule has 2 atom stereocenters. The predicted octanol–water partition coefficient (Wildman–Crippen LogP) is 4.12.